The molecule has 1 aliphatic carbocycles. The average Bonchev–Trinajstić information content (AvgIpc) is 2.96. The molecule has 0 saturated heterocycles. The number of phenolic OH excluding ortho intramolecular Hbond substituents is 1. The van der Waals surface area contributed by atoms with Crippen LogP contribution in [0.25, 0.3) is 28.0 Å². The number of ketones is 1. The second kappa shape index (κ2) is 10.7. The van der Waals surface area contributed by atoms with Crippen LogP contribution in [0.4, 0.5) is 0 Å². The molecule has 3 aromatic carbocycles. The standard InChI is InChI=1S/C29H25NO8S/c1-34-20-7-5-6-17-23(20)28(39-14-16(31)10-8-15-9-11-19(32)21(12-15)35-2)26-24-18(29(33)38-30-26)13-22(36-3)27(37-4)25(17)24/h5-13,28,32H,14H2,1-4H3/b10-8+/t28-/m0/s1. The number of allylic oxidation sites excluding steroid dienone is 1. The van der Waals surface area contributed by atoms with Crippen LogP contribution >= 0.6 is 11.8 Å². The molecule has 5 rings (SSSR count). The van der Waals surface area contributed by atoms with Gasteiger partial charge in [0.05, 0.1) is 44.8 Å². The molecule has 1 N–H and O–H groups in total. The van der Waals surface area contributed by atoms with E-state index in [1.165, 1.54) is 45.2 Å². The zero-order valence-corrected chi connectivity index (χ0v) is 22.5. The van der Waals surface area contributed by atoms with Crippen LogP contribution in [0.1, 0.15) is 22.1 Å². The van der Waals surface area contributed by atoms with E-state index in [1.54, 1.807) is 31.4 Å². The van der Waals surface area contributed by atoms with E-state index in [4.69, 9.17) is 23.5 Å². The van der Waals surface area contributed by atoms with E-state index >= 15 is 0 Å². The van der Waals surface area contributed by atoms with Crippen molar-refractivity contribution < 1.29 is 33.4 Å². The number of methoxy groups -OCH3 is 4. The van der Waals surface area contributed by atoms with Gasteiger partial charge in [0.1, 0.15) is 11.4 Å². The number of aromatic hydroxyl groups is 1. The Bertz CT molecular complexity index is 1680. The van der Waals surface area contributed by atoms with Gasteiger partial charge in [-0.25, -0.2) is 4.79 Å². The smallest absolute Gasteiger partial charge is 0.366 e. The van der Waals surface area contributed by atoms with Crippen molar-refractivity contribution >= 4 is 34.4 Å². The molecule has 39 heavy (non-hydrogen) atoms. The van der Waals surface area contributed by atoms with Crippen LogP contribution in [0.3, 0.4) is 0 Å². The number of nitrogens with zero attached hydrogens (tertiary/aromatic N) is 1. The summed E-state index contributed by atoms with van der Waals surface area (Å²) in [5.74, 6) is 1.74. The van der Waals surface area contributed by atoms with Crippen LogP contribution in [0.2, 0.25) is 0 Å². The Labute approximate surface area is 227 Å². The third kappa shape index (κ3) is 4.57. The number of thioether (sulfide) groups is 1. The fourth-order valence-electron chi connectivity index (χ4n) is 4.75. The van der Waals surface area contributed by atoms with Crippen molar-refractivity contribution in [2.24, 2.45) is 0 Å². The fourth-order valence-corrected chi connectivity index (χ4v) is 5.91. The van der Waals surface area contributed by atoms with Gasteiger partial charge in [-0.05, 0) is 41.5 Å². The van der Waals surface area contributed by atoms with Crippen molar-refractivity contribution in [3.63, 3.8) is 0 Å². The largest absolute Gasteiger partial charge is 0.504 e. The van der Waals surface area contributed by atoms with Crippen molar-refractivity contribution in [2.75, 3.05) is 34.2 Å². The zero-order valence-electron chi connectivity index (χ0n) is 21.6. The van der Waals surface area contributed by atoms with E-state index in [2.05, 4.69) is 5.16 Å². The number of carbonyl (C=O) groups is 1. The summed E-state index contributed by atoms with van der Waals surface area (Å²) in [6.45, 7) is 0. The quantitative estimate of drug-likeness (QED) is 0.287. The highest BCUT2D eigenvalue weighted by Gasteiger charge is 2.36. The van der Waals surface area contributed by atoms with Gasteiger partial charge in [-0.15, -0.1) is 11.8 Å². The lowest BCUT2D eigenvalue weighted by Crippen LogP contribution is -2.16. The number of rotatable bonds is 9. The van der Waals surface area contributed by atoms with Gasteiger partial charge in [-0.3, -0.25) is 4.79 Å². The van der Waals surface area contributed by atoms with Crippen LogP contribution in [0, 0.1) is 0 Å². The van der Waals surface area contributed by atoms with Crippen molar-refractivity contribution in [1.82, 2.24) is 5.16 Å². The number of benzene rings is 3. The normalized spacial score (nSPS) is 13.8. The van der Waals surface area contributed by atoms with Gasteiger partial charge in [0.15, 0.2) is 28.8 Å². The van der Waals surface area contributed by atoms with E-state index in [0.717, 1.165) is 11.1 Å². The zero-order chi connectivity index (χ0) is 27.7. The Morgan fingerprint density at radius 1 is 1.03 bits per heavy atom. The van der Waals surface area contributed by atoms with Crippen molar-refractivity contribution in [1.29, 1.82) is 0 Å². The summed E-state index contributed by atoms with van der Waals surface area (Å²) in [7, 11) is 6.07. The maximum Gasteiger partial charge on any atom is 0.366 e. The Morgan fingerprint density at radius 2 is 1.79 bits per heavy atom. The Balaban J connectivity index is 1.57. The SMILES string of the molecule is COc1cc(/C=C/C(=O)CS[C@H]2c3c(OC)cccc3-c3c(OC)c(OC)cc4c(=O)onc2c34)ccc1O. The first-order valence-corrected chi connectivity index (χ1v) is 12.9. The molecule has 9 nitrogen and oxygen atoms in total. The van der Waals surface area contributed by atoms with Gasteiger partial charge in [0.25, 0.3) is 0 Å². The second-order valence-corrected chi connectivity index (χ2v) is 9.70. The van der Waals surface area contributed by atoms with Crippen molar-refractivity contribution in [3.8, 4) is 39.9 Å². The number of phenols is 1. The van der Waals surface area contributed by atoms with Crippen LogP contribution in [-0.2, 0) is 4.79 Å². The molecule has 0 radical (unpaired) electrons. The van der Waals surface area contributed by atoms with Crippen molar-refractivity contribution in [2.45, 2.75) is 5.25 Å². The number of fused-ring (bicyclic) bond motifs is 2. The van der Waals surface area contributed by atoms with Crippen LogP contribution in [0.5, 0.6) is 28.7 Å². The van der Waals surface area contributed by atoms with E-state index in [1.807, 2.05) is 18.2 Å². The molecule has 0 unspecified atom stereocenters. The van der Waals surface area contributed by atoms with Gasteiger partial charge in [0.2, 0.25) is 0 Å². The lowest BCUT2D eigenvalue weighted by Gasteiger charge is -2.29. The van der Waals surface area contributed by atoms with Crippen LogP contribution < -0.4 is 24.6 Å². The summed E-state index contributed by atoms with van der Waals surface area (Å²) in [6, 6.07) is 12.0. The second-order valence-electron chi connectivity index (χ2n) is 8.61. The van der Waals surface area contributed by atoms with Crippen molar-refractivity contribution in [3.05, 3.63) is 75.8 Å². The fraction of sp³-hybridized carbons (Fsp3) is 0.207. The minimum Gasteiger partial charge on any atom is -0.504 e. The third-order valence-corrected chi connectivity index (χ3v) is 7.74. The van der Waals surface area contributed by atoms with Crippen LogP contribution in [-0.4, -0.2) is 50.2 Å². The highest BCUT2D eigenvalue weighted by atomic mass is 32.2. The average molecular weight is 548 g/mol. The summed E-state index contributed by atoms with van der Waals surface area (Å²) in [5, 5.41) is 14.4. The van der Waals surface area contributed by atoms with Gasteiger partial charge in [-0.1, -0.05) is 29.4 Å². The number of carbonyl (C=O) groups excluding carboxylic acids is 1. The molecular weight excluding hydrogens is 522 g/mol. The predicted octanol–water partition coefficient (Wildman–Crippen LogP) is 5.01. The van der Waals surface area contributed by atoms with Gasteiger partial charge in [-0.2, -0.15) is 0 Å². The topological polar surface area (TPSA) is 117 Å². The van der Waals surface area contributed by atoms with E-state index < -0.39 is 10.9 Å². The Hall–Kier alpha value is -4.44. The molecule has 1 heterocycles. The lowest BCUT2D eigenvalue weighted by molar-refractivity contribution is -0.112. The minimum absolute atomic E-state index is 0.0179. The third-order valence-electron chi connectivity index (χ3n) is 6.50. The molecule has 0 saturated carbocycles. The molecule has 10 heteroatoms. The summed E-state index contributed by atoms with van der Waals surface area (Å²) in [5.41, 5.74) is 2.81. The van der Waals surface area contributed by atoms with Gasteiger partial charge >= 0.3 is 5.63 Å². The van der Waals surface area contributed by atoms with E-state index in [0.29, 0.717) is 50.6 Å². The first-order valence-electron chi connectivity index (χ1n) is 11.9. The minimum atomic E-state index is -0.602. The van der Waals surface area contributed by atoms with Gasteiger partial charge in [0, 0.05) is 16.5 Å². The molecule has 0 fully saturated rings. The van der Waals surface area contributed by atoms with Crippen LogP contribution in [0.15, 0.2) is 57.9 Å². The number of hydrogen-bond acceptors (Lipinski definition) is 10. The molecule has 0 bridgehead atoms. The molecule has 0 amide bonds. The van der Waals surface area contributed by atoms with Gasteiger partial charge < -0.3 is 28.6 Å². The summed E-state index contributed by atoms with van der Waals surface area (Å²) in [4.78, 5) is 25.7. The molecule has 1 aliphatic rings. The summed E-state index contributed by atoms with van der Waals surface area (Å²) >= 11 is 1.35. The molecule has 1 aromatic heterocycles. The highest BCUT2D eigenvalue weighted by molar-refractivity contribution is 8.00. The molecule has 1 atom stereocenters. The van der Waals surface area contributed by atoms with E-state index in [-0.39, 0.29) is 17.3 Å². The number of hydrogen-bond donors (Lipinski definition) is 1. The highest BCUT2D eigenvalue weighted by Crippen LogP contribution is 2.56. The molecule has 200 valence electrons. The maximum atomic E-state index is 12.9. The number of aromatic nitrogens is 1. The summed E-state index contributed by atoms with van der Waals surface area (Å²) < 4.78 is 27.3. The first-order chi connectivity index (χ1) is 18.9. The molecule has 0 aliphatic heterocycles. The lowest BCUT2D eigenvalue weighted by atomic mass is 9.85. The Kier molecular flexibility index (Phi) is 7.21. The maximum absolute atomic E-state index is 12.9. The predicted molar refractivity (Wildman–Crippen MR) is 148 cm³/mol. The van der Waals surface area contributed by atoms with E-state index in [9.17, 15) is 14.7 Å². The monoisotopic (exact) mass is 547 g/mol. The molecule has 0 spiro atoms. The summed E-state index contributed by atoms with van der Waals surface area (Å²) in [6.07, 6.45) is 3.13. The first kappa shape index (κ1) is 26.2. The number of ether oxygens (including phenoxy) is 4. The Morgan fingerprint density at radius 3 is 2.51 bits per heavy atom. The molecular formula is C29H25NO8S. The molecule has 4 aromatic rings.